The normalized spacial score (nSPS) is 12.7. The molecule has 0 radical (unpaired) electrons. The maximum absolute atomic E-state index is 13.7. The summed E-state index contributed by atoms with van der Waals surface area (Å²) in [5, 5.41) is 3.39. The van der Waals surface area contributed by atoms with Crippen molar-refractivity contribution in [2.24, 2.45) is 0 Å². The smallest absolute Gasteiger partial charge is 0.138 e. The van der Waals surface area contributed by atoms with Crippen molar-refractivity contribution in [2.75, 3.05) is 6.54 Å². The van der Waals surface area contributed by atoms with E-state index < -0.39 is 0 Å². The highest BCUT2D eigenvalue weighted by Crippen LogP contribution is 2.35. The Morgan fingerprint density at radius 2 is 2.11 bits per heavy atom. The third-order valence-corrected chi connectivity index (χ3v) is 5.01. The third-order valence-electron chi connectivity index (χ3n) is 3.10. The number of hydrogen-bond donors (Lipinski definition) is 1. The second-order valence-electron chi connectivity index (χ2n) is 4.56. The Balaban J connectivity index is 2.35. The predicted octanol–water partition coefficient (Wildman–Crippen LogP) is 5.30. The van der Waals surface area contributed by atoms with Crippen molar-refractivity contribution in [2.45, 2.75) is 26.8 Å². The van der Waals surface area contributed by atoms with Gasteiger partial charge in [-0.15, -0.1) is 11.3 Å². The van der Waals surface area contributed by atoms with Gasteiger partial charge in [-0.2, -0.15) is 0 Å². The molecule has 0 spiro atoms. The van der Waals surface area contributed by atoms with E-state index in [1.807, 2.05) is 13.0 Å². The first kappa shape index (κ1) is 14.7. The quantitative estimate of drug-likeness (QED) is 0.795. The van der Waals surface area contributed by atoms with Crippen molar-refractivity contribution in [3.05, 3.63) is 45.0 Å². The Morgan fingerprint density at radius 1 is 1.37 bits per heavy atom. The Morgan fingerprint density at radius 3 is 2.79 bits per heavy atom. The monoisotopic (exact) mass is 341 g/mol. The summed E-state index contributed by atoms with van der Waals surface area (Å²) in [5.74, 6) is -0.213. The fraction of sp³-hybridized carbons (Fsp3) is 0.333. The van der Waals surface area contributed by atoms with Gasteiger partial charge in [-0.1, -0.05) is 6.92 Å². The zero-order chi connectivity index (χ0) is 14.0. The standard InChI is InChI=1S/C15H17BrFNS/c1-4-18-10(3)14-5-6-15(19-14)11-8-13(17)12(16)7-9(11)2/h5-8,10,18H,4H2,1-3H3. The second-order valence-corrected chi connectivity index (χ2v) is 6.53. The van der Waals surface area contributed by atoms with Crippen molar-refractivity contribution in [1.82, 2.24) is 5.32 Å². The number of hydrogen-bond acceptors (Lipinski definition) is 2. The third kappa shape index (κ3) is 3.25. The van der Waals surface area contributed by atoms with Gasteiger partial charge in [-0.05, 0) is 71.7 Å². The van der Waals surface area contributed by atoms with E-state index in [4.69, 9.17) is 0 Å². The SMILES string of the molecule is CCNC(C)c1ccc(-c2cc(F)c(Br)cc2C)s1. The van der Waals surface area contributed by atoms with Crippen LogP contribution in [-0.2, 0) is 0 Å². The Hall–Kier alpha value is -0.710. The highest BCUT2D eigenvalue weighted by Gasteiger charge is 2.12. The average molecular weight is 342 g/mol. The number of benzene rings is 1. The Bertz CT molecular complexity index is 580. The van der Waals surface area contributed by atoms with Gasteiger partial charge >= 0.3 is 0 Å². The van der Waals surface area contributed by atoms with Gasteiger partial charge in [-0.3, -0.25) is 0 Å². The molecule has 0 bridgehead atoms. The van der Waals surface area contributed by atoms with E-state index in [0.29, 0.717) is 10.5 Å². The molecule has 0 aliphatic heterocycles. The van der Waals surface area contributed by atoms with Crippen molar-refractivity contribution >= 4 is 27.3 Å². The summed E-state index contributed by atoms with van der Waals surface area (Å²) in [5.41, 5.74) is 2.05. The summed E-state index contributed by atoms with van der Waals surface area (Å²) in [7, 11) is 0. The number of rotatable bonds is 4. The summed E-state index contributed by atoms with van der Waals surface area (Å²) in [6.07, 6.45) is 0. The maximum atomic E-state index is 13.7. The lowest BCUT2D eigenvalue weighted by atomic mass is 10.1. The van der Waals surface area contributed by atoms with Crippen LogP contribution in [0.4, 0.5) is 4.39 Å². The lowest BCUT2D eigenvalue weighted by Gasteiger charge is -2.09. The number of halogens is 2. The molecule has 0 fully saturated rings. The molecule has 1 nitrogen and oxygen atoms in total. The molecule has 2 rings (SSSR count). The van der Waals surface area contributed by atoms with Gasteiger partial charge in [0.15, 0.2) is 0 Å². The van der Waals surface area contributed by atoms with Crippen molar-refractivity contribution in [3.8, 4) is 10.4 Å². The van der Waals surface area contributed by atoms with E-state index in [-0.39, 0.29) is 5.82 Å². The van der Waals surface area contributed by atoms with E-state index in [1.165, 1.54) is 4.88 Å². The lowest BCUT2D eigenvalue weighted by molar-refractivity contribution is 0.607. The van der Waals surface area contributed by atoms with Crippen molar-refractivity contribution < 1.29 is 4.39 Å². The Kier molecular flexibility index (Phi) is 4.76. The van der Waals surface area contributed by atoms with Crippen LogP contribution in [0.2, 0.25) is 0 Å². The molecule has 1 N–H and O–H groups in total. The summed E-state index contributed by atoms with van der Waals surface area (Å²) in [6.45, 7) is 7.19. The molecule has 0 aliphatic carbocycles. The second kappa shape index (κ2) is 6.16. The summed E-state index contributed by atoms with van der Waals surface area (Å²) < 4.78 is 14.2. The van der Waals surface area contributed by atoms with E-state index in [0.717, 1.165) is 22.5 Å². The minimum atomic E-state index is -0.213. The van der Waals surface area contributed by atoms with Crippen molar-refractivity contribution in [1.29, 1.82) is 0 Å². The summed E-state index contributed by atoms with van der Waals surface area (Å²) >= 11 is 4.94. The van der Waals surface area contributed by atoms with Crippen LogP contribution in [0.3, 0.4) is 0 Å². The predicted molar refractivity (Wildman–Crippen MR) is 84.2 cm³/mol. The van der Waals surface area contributed by atoms with Gasteiger partial charge in [0.25, 0.3) is 0 Å². The molecular formula is C15H17BrFNS. The summed E-state index contributed by atoms with van der Waals surface area (Å²) in [4.78, 5) is 2.39. The minimum absolute atomic E-state index is 0.213. The first-order valence-electron chi connectivity index (χ1n) is 6.32. The highest BCUT2D eigenvalue weighted by molar-refractivity contribution is 9.10. The molecular weight excluding hydrogens is 325 g/mol. The molecule has 0 amide bonds. The Labute approximate surface area is 126 Å². The molecule has 19 heavy (non-hydrogen) atoms. The molecule has 1 atom stereocenters. The molecule has 0 aliphatic rings. The first-order valence-corrected chi connectivity index (χ1v) is 7.93. The number of nitrogens with one attached hydrogen (secondary N) is 1. The molecule has 1 heterocycles. The molecule has 2 aromatic rings. The number of thiophene rings is 1. The van der Waals surface area contributed by atoms with Crippen LogP contribution >= 0.6 is 27.3 Å². The fourth-order valence-electron chi connectivity index (χ4n) is 2.05. The van der Waals surface area contributed by atoms with Crippen LogP contribution in [-0.4, -0.2) is 6.54 Å². The minimum Gasteiger partial charge on any atom is -0.310 e. The zero-order valence-corrected chi connectivity index (χ0v) is 13.7. The molecule has 0 saturated heterocycles. The average Bonchev–Trinajstić information content (AvgIpc) is 2.83. The fourth-order valence-corrected chi connectivity index (χ4v) is 3.62. The molecule has 4 heteroatoms. The molecule has 0 saturated carbocycles. The van der Waals surface area contributed by atoms with Gasteiger partial charge in [-0.25, -0.2) is 4.39 Å². The van der Waals surface area contributed by atoms with Crippen molar-refractivity contribution in [3.63, 3.8) is 0 Å². The molecule has 1 aromatic carbocycles. The topological polar surface area (TPSA) is 12.0 Å². The maximum Gasteiger partial charge on any atom is 0.138 e. The first-order chi connectivity index (χ1) is 9.02. The highest BCUT2D eigenvalue weighted by atomic mass is 79.9. The van der Waals surface area contributed by atoms with E-state index in [2.05, 4.69) is 47.2 Å². The van der Waals surface area contributed by atoms with Gasteiger partial charge in [0.1, 0.15) is 5.82 Å². The van der Waals surface area contributed by atoms with Crippen LogP contribution in [0.15, 0.2) is 28.7 Å². The van der Waals surface area contributed by atoms with Crippen LogP contribution in [0, 0.1) is 12.7 Å². The van der Waals surface area contributed by atoms with Gasteiger partial charge < -0.3 is 5.32 Å². The van der Waals surface area contributed by atoms with Crippen LogP contribution in [0.5, 0.6) is 0 Å². The van der Waals surface area contributed by atoms with Gasteiger partial charge in [0, 0.05) is 15.8 Å². The summed E-state index contributed by atoms with van der Waals surface area (Å²) in [6, 6.07) is 7.96. The molecule has 1 unspecified atom stereocenters. The zero-order valence-electron chi connectivity index (χ0n) is 11.3. The van der Waals surface area contributed by atoms with E-state index in [1.54, 1.807) is 17.4 Å². The van der Waals surface area contributed by atoms with E-state index >= 15 is 0 Å². The molecule has 1 aromatic heterocycles. The largest absolute Gasteiger partial charge is 0.310 e. The van der Waals surface area contributed by atoms with Gasteiger partial charge in [0.2, 0.25) is 0 Å². The lowest BCUT2D eigenvalue weighted by Crippen LogP contribution is -2.16. The van der Waals surface area contributed by atoms with Crippen LogP contribution < -0.4 is 5.32 Å². The molecule has 102 valence electrons. The van der Waals surface area contributed by atoms with E-state index in [9.17, 15) is 4.39 Å². The van der Waals surface area contributed by atoms with Crippen LogP contribution in [0.1, 0.15) is 30.3 Å². The van der Waals surface area contributed by atoms with Gasteiger partial charge in [0.05, 0.1) is 4.47 Å². The van der Waals surface area contributed by atoms with Crippen LogP contribution in [0.25, 0.3) is 10.4 Å². The number of aryl methyl sites for hydroxylation is 1.